The van der Waals surface area contributed by atoms with E-state index >= 15 is 0 Å². The Morgan fingerprint density at radius 1 is 1.30 bits per heavy atom. The van der Waals surface area contributed by atoms with Crippen LogP contribution < -0.4 is 5.32 Å². The second-order valence-corrected chi connectivity index (χ2v) is 6.54. The number of carbonyl (C=O) groups is 2. The molecule has 1 aliphatic rings. The molecule has 0 saturated carbocycles. The average Bonchev–Trinajstić information content (AvgIpc) is 3.40. The summed E-state index contributed by atoms with van der Waals surface area (Å²) < 4.78 is 8.88. The molecule has 0 aromatic carbocycles. The van der Waals surface area contributed by atoms with Gasteiger partial charge in [0.1, 0.15) is 23.0 Å². The van der Waals surface area contributed by atoms with E-state index in [1.165, 1.54) is 0 Å². The summed E-state index contributed by atoms with van der Waals surface area (Å²) in [5, 5.41) is 2.79. The van der Waals surface area contributed by atoms with Crippen LogP contribution in [0, 0.1) is 0 Å². The van der Waals surface area contributed by atoms with Gasteiger partial charge in [-0.15, -0.1) is 0 Å². The Labute approximate surface area is 155 Å². The molecule has 0 spiro atoms. The second kappa shape index (κ2) is 6.75. The molecule has 1 atom stereocenters. The Morgan fingerprint density at radius 3 is 2.85 bits per heavy atom. The van der Waals surface area contributed by atoms with Gasteiger partial charge in [0.2, 0.25) is 0 Å². The summed E-state index contributed by atoms with van der Waals surface area (Å²) in [7, 11) is 1.82. The number of furan rings is 1. The topological polar surface area (TPSA) is 98.2 Å². The van der Waals surface area contributed by atoms with Crippen molar-refractivity contribution in [1.29, 1.82) is 0 Å². The molecule has 0 fully saturated rings. The van der Waals surface area contributed by atoms with Crippen LogP contribution >= 0.6 is 0 Å². The van der Waals surface area contributed by atoms with Gasteiger partial charge in [-0.3, -0.25) is 9.59 Å². The first-order chi connectivity index (χ1) is 13.0. The van der Waals surface area contributed by atoms with E-state index in [1.54, 1.807) is 46.6 Å². The number of rotatable bonds is 4. The Hall–Kier alpha value is -3.36. The van der Waals surface area contributed by atoms with E-state index in [1.807, 2.05) is 18.5 Å². The Kier molecular flexibility index (Phi) is 4.27. The molecular formula is C18H20N6O3. The van der Waals surface area contributed by atoms with Gasteiger partial charge in [0, 0.05) is 32.5 Å². The minimum atomic E-state index is -0.275. The molecule has 4 rings (SSSR count). The maximum absolute atomic E-state index is 12.7. The first-order valence-electron chi connectivity index (χ1n) is 8.69. The molecule has 0 saturated heterocycles. The Morgan fingerprint density at radius 2 is 2.15 bits per heavy atom. The zero-order valence-corrected chi connectivity index (χ0v) is 15.1. The molecule has 0 bridgehead atoms. The summed E-state index contributed by atoms with van der Waals surface area (Å²) in [5.74, 6) is 0.950. The first-order valence-corrected chi connectivity index (χ1v) is 8.69. The van der Waals surface area contributed by atoms with Crippen LogP contribution in [0.5, 0.6) is 0 Å². The van der Waals surface area contributed by atoms with Crippen molar-refractivity contribution in [2.75, 3.05) is 6.54 Å². The van der Waals surface area contributed by atoms with Crippen LogP contribution in [0.15, 0.2) is 41.5 Å². The third-order valence-corrected chi connectivity index (χ3v) is 4.65. The highest BCUT2D eigenvalue weighted by atomic mass is 16.3. The quantitative estimate of drug-likeness (QED) is 0.750. The van der Waals surface area contributed by atoms with Gasteiger partial charge in [0.05, 0.1) is 25.2 Å². The lowest BCUT2D eigenvalue weighted by Gasteiger charge is -2.33. The molecular weight excluding hydrogens is 348 g/mol. The normalized spacial score (nSPS) is 16.2. The number of aromatic nitrogens is 4. The van der Waals surface area contributed by atoms with Crippen LogP contribution in [0.2, 0.25) is 0 Å². The summed E-state index contributed by atoms with van der Waals surface area (Å²) >= 11 is 0. The number of aryl methyl sites for hydroxylation is 1. The number of carbonyl (C=O) groups excluding carboxylic acids is 2. The van der Waals surface area contributed by atoms with E-state index in [2.05, 4.69) is 15.3 Å². The van der Waals surface area contributed by atoms with Gasteiger partial charge in [-0.1, -0.05) is 0 Å². The molecule has 140 valence electrons. The fourth-order valence-corrected chi connectivity index (χ4v) is 3.22. The van der Waals surface area contributed by atoms with E-state index in [0.717, 1.165) is 0 Å². The molecule has 27 heavy (non-hydrogen) atoms. The van der Waals surface area contributed by atoms with Crippen molar-refractivity contribution in [3.63, 3.8) is 0 Å². The van der Waals surface area contributed by atoms with Crippen molar-refractivity contribution < 1.29 is 14.0 Å². The number of amides is 2. The number of fused-ring (bicyclic) bond motifs is 1. The molecule has 1 N–H and O–H groups in total. The fraction of sp³-hybridized carbons (Fsp3) is 0.333. The van der Waals surface area contributed by atoms with Crippen molar-refractivity contribution in [2.45, 2.75) is 26.1 Å². The monoisotopic (exact) mass is 368 g/mol. The molecule has 3 aromatic rings. The highest BCUT2D eigenvalue weighted by molar-refractivity contribution is 5.93. The smallest absolute Gasteiger partial charge is 0.274 e. The zero-order valence-electron chi connectivity index (χ0n) is 15.1. The summed E-state index contributed by atoms with van der Waals surface area (Å²) in [6, 6.07) is 3.31. The SMILES string of the molecule is C[C@H]1c2nc(C(=O)NCc3ccco3)cn2CCN1C(=O)c1cn(C)cn1. The number of nitrogens with one attached hydrogen (secondary N) is 1. The number of hydrogen-bond donors (Lipinski definition) is 1. The third kappa shape index (κ3) is 3.23. The Bertz CT molecular complexity index is 971. The Balaban J connectivity index is 1.49. The van der Waals surface area contributed by atoms with Gasteiger partial charge in [0.15, 0.2) is 0 Å². The minimum absolute atomic E-state index is 0.138. The van der Waals surface area contributed by atoms with Gasteiger partial charge < -0.3 is 23.8 Å². The zero-order chi connectivity index (χ0) is 19.0. The van der Waals surface area contributed by atoms with Gasteiger partial charge in [-0.25, -0.2) is 9.97 Å². The van der Waals surface area contributed by atoms with Crippen molar-refractivity contribution in [3.8, 4) is 0 Å². The van der Waals surface area contributed by atoms with Crippen LogP contribution in [0.4, 0.5) is 0 Å². The molecule has 4 heterocycles. The summed E-state index contributed by atoms with van der Waals surface area (Å²) in [4.78, 5) is 35.4. The van der Waals surface area contributed by atoms with Crippen molar-refractivity contribution >= 4 is 11.8 Å². The van der Waals surface area contributed by atoms with E-state index in [-0.39, 0.29) is 17.9 Å². The van der Waals surface area contributed by atoms with Crippen molar-refractivity contribution in [3.05, 3.63) is 60.1 Å². The van der Waals surface area contributed by atoms with E-state index in [0.29, 0.717) is 42.6 Å². The van der Waals surface area contributed by atoms with E-state index in [9.17, 15) is 9.59 Å². The molecule has 9 nitrogen and oxygen atoms in total. The second-order valence-electron chi connectivity index (χ2n) is 6.54. The maximum atomic E-state index is 12.7. The van der Waals surface area contributed by atoms with Gasteiger partial charge in [0.25, 0.3) is 11.8 Å². The highest BCUT2D eigenvalue weighted by Crippen LogP contribution is 2.26. The molecule has 1 aliphatic heterocycles. The summed E-state index contributed by atoms with van der Waals surface area (Å²) in [5.41, 5.74) is 0.733. The molecule has 2 amide bonds. The lowest BCUT2D eigenvalue weighted by Crippen LogP contribution is -2.41. The highest BCUT2D eigenvalue weighted by Gasteiger charge is 2.32. The van der Waals surface area contributed by atoms with Crippen LogP contribution in [-0.4, -0.2) is 42.4 Å². The number of hydrogen-bond acceptors (Lipinski definition) is 5. The third-order valence-electron chi connectivity index (χ3n) is 4.65. The standard InChI is InChI=1S/C18H20N6O3/c1-12-16-21-14(17(25)19-8-13-4-3-7-27-13)10-23(16)5-6-24(12)18(26)15-9-22(2)11-20-15/h3-4,7,9-12H,5-6,8H2,1-2H3,(H,19,25)/t12-/m0/s1. The van der Waals surface area contributed by atoms with Gasteiger partial charge in [-0.05, 0) is 19.1 Å². The first kappa shape index (κ1) is 17.1. The predicted octanol–water partition coefficient (Wildman–Crippen LogP) is 1.36. The van der Waals surface area contributed by atoms with E-state index < -0.39 is 0 Å². The van der Waals surface area contributed by atoms with Crippen LogP contribution in [0.3, 0.4) is 0 Å². The average molecular weight is 368 g/mol. The largest absolute Gasteiger partial charge is 0.467 e. The lowest BCUT2D eigenvalue weighted by molar-refractivity contribution is 0.0632. The van der Waals surface area contributed by atoms with Crippen LogP contribution in [-0.2, 0) is 20.1 Å². The maximum Gasteiger partial charge on any atom is 0.274 e. The molecule has 3 aromatic heterocycles. The summed E-state index contributed by atoms with van der Waals surface area (Å²) in [6.45, 7) is 3.32. The minimum Gasteiger partial charge on any atom is -0.467 e. The van der Waals surface area contributed by atoms with Crippen LogP contribution in [0.25, 0.3) is 0 Å². The van der Waals surface area contributed by atoms with E-state index in [4.69, 9.17) is 4.42 Å². The molecule has 0 radical (unpaired) electrons. The number of nitrogens with zero attached hydrogens (tertiary/aromatic N) is 5. The fourth-order valence-electron chi connectivity index (χ4n) is 3.22. The van der Waals surface area contributed by atoms with Crippen LogP contribution in [0.1, 0.15) is 45.5 Å². The lowest BCUT2D eigenvalue weighted by atomic mass is 10.2. The van der Waals surface area contributed by atoms with Gasteiger partial charge in [-0.2, -0.15) is 0 Å². The predicted molar refractivity (Wildman–Crippen MR) is 94.8 cm³/mol. The van der Waals surface area contributed by atoms with Crippen molar-refractivity contribution in [2.24, 2.45) is 7.05 Å². The molecule has 0 unspecified atom stereocenters. The molecule has 9 heteroatoms. The van der Waals surface area contributed by atoms with Crippen molar-refractivity contribution in [1.82, 2.24) is 29.3 Å². The molecule has 0 aliphatic carbocycles. The summed E-state index contributed by atoms with van der Waals surface area (Å²) in [6.07, 6.45) is 6.59. The number of imidazole rings is 2. The van der Waals surface area contributed by atoms with Gasteiger partial charge >= 0.3 is 0 Å².